The van der Waals surface area contributed by atoms with Crippen LogP contribution >= 0.6 is 22.9 Å². The summed E-state index contributed by atoms with van der Waals surface area (Å²) in [4.78, 5) is 1.16. The monoisotopic (exact) mass is 303 g/mol. The SMILES string of the molecule is FC(F)Oc1ccc(CNCc2ccc(Cl)s2)cc1. The number of hydrogen-bond donors (Lipinski definition) is 1. The van der Waals surface area contributed by atoms with Crippen molar-refractivity contribution in [3.05, 3.63) is 51.2 Å². The fourth-order valence-electron chi connectivity index (χ4n) is 1.57. The lowest BCUT2D eigenvalue weighted by molar-refractivity contribution is -0.0498. The lowest BCUT2D eigenvalue weighted by Gasteiger charge is -2.06. The van der Waals surface area contributed by atoms with Crippen molar-refractivity contribution in [1.29, 1.82) is 0 Å². The van der Waals surface area contributed by atoms with Crippen LogP contribution in [0.2, 0.25) is 4.34 Å². The van der Waals surface area contributed by atoms with Crippen LogP contribution in [0.25, 0.3) is 0 Å². The Bertz CT molecular complexity index is 516. The maximum atomic E-state index is 12.0. The summed E-state index contributed by atoms with van der Waals surface area (Å²) >= 11 is 7.36. The van der Waals surface area contributed by atoms with Crippen molar-refractivity contribution in [3.63, 3.8) is 0 Å². The minimum atomic E-state index is -2.78. The number of thiophene rings is 1. The molecule has 0 saturated heterocycles. The Morgan fingerprint density at radius 2 is 1.84 bits per heavy atom. The van der Waals surface area contributed by atoms with Crippen LogP contribution < -0.4 is 10.1 Å². The highest BCUT2D eigenvalue weighted by Gasteiger charge is 2.03. The van der Waals surface area contributed by atoms with E-state index in [1.165, 1.54) is 23.5 Å². The van der Waals surface area contributed by atoms with Gasteiger partial charge in [-0.05, 0) is 29.8 Å². The summed E-state index contributed by atoms with van der Waals surface area (Å²) in [5, 5.41) is 3.25. The molecule has 6 heteroatoms. The first-order chi connectivity index (χ1) is 9.13. The summed E-state index contributed by atoms with van der Waals surface area (Å²) in [6, 6.07) is 10.4. The summed E-state index contributed by atoms with van der Waals surface area (Å²) in [7, 11) is 0. The number of rotatable bonds is 6. The van der Waals surface area contributed by atoms with Gasteiger partial charge in [0.05, 0.1) is 4.34 Å². The van der Waals surface area contributed by atoms with Gasteiger partial charge in [-0.25, -0.2) is 0 Å². The van der Waals surface area contributed by atoms with Crippen molar-refractivity contribution in [2.45, 2.75) is 19.7 Å². The maximum absolute atomic E-state index is 12.0. The molecule has 0 atom stereocenters. The molecule has 1 heterocycles. The van der Waals surface area contributed by atoms with E-state index in [4.69, 9.17) is 11.6 Å². The molecule has 0 unspecified atom stereocenters. The minimum Gasteiger partial charge on any atom is -0.435 e. The molecule has 19 heavy (non-hydrogen) atoms. The molecule has 0 aliphatic carbocycles. The van der Waals surface area contributed by atoms with E-state index >= 15 is 0 Å². The van der Waals surface area contributed by atoms with Crippen LogP contribution in [0.15, 0.2) is 36.4 Å². The predicted octanol–water partition coefficient (Wildman–Crippen LogP) is 4.29. The minimum absolute atomic E-state index is 0.170. The fraction of sp³-hybridized carbons (Fsp3) is 0.231. The molecule has 102 valence electrons. The third kappa shape index (κ3) is 4.78. The maximum Gasteiger partial charge on any atom is 0.387 e. The van der Waals surface area contributed by atoms with E-state index in [-0.39, 0.29) is 5.75 Å². The molecule has 2 rings (SSSR count). The third-order valence-electron chi connectivity index (χ3n) is 2.41. The second-order valence-corrected chi connectivity index (χ2v) is 5.63. The zero-order valence-corrected chi connectivity index (χ0v) is 11.5. The van der Waals surface area contributed by atoms with Crippen molar-refractivity contribution >= 4 is 22.9 Å². The van der Waals surface area contributed by atoms with Crippen LogP contribution in [0.1, 0.15) is 10.4 Å². The first-order valence-electron chi connectivity index (χ1n) is 5.62. The van der Waals surface area contributed by atoms with Gasteiger partial charge in [-0.1, -0.05) is 23.7 Å². The summed E-state index contributed by atoms with van der Waals surface area (Å²) < 4.78 is 29.0. The molecule has 0 amide bonds. The van der Waals surface area contributed by atoms with Gasteiger partial charge >= 0.3 is 6.61 Å². The molecular formula is C13H12ClF2NOS. The highest BCUT2D eigenvalue weighted by Crippen LogP contribution is 2.21. The van der Waals surface area contributed by atoms with Gasteiger partial charge in [-0.15, -0.1) is 11.3 Å². The van der Waals surface area contributed by atoms with E-state index in [0.717, 1.165) is 21.3 Å². The first kappa shape index (κ1) is 14.2. The molecule has 0 radical (unpaired) electrons. The first-order valence-corrected chi connectivity index (χ1v) is 6.81. The Morgan fingerprint density at radius 1 is 1.11 bits per heavy atom. The van der Waals surface area contributed by atoms with Crippen LogP contribution in [-0.4, -0.2) is 6.61 Å². The average Bonchev–Trinajstić information content (AvgIpc) is 2.77. The van der Waals surface area contributed by atoms with Crippen LogP contribution in [-0.2, 0) is 13.1 Å². The van der Waals surface area contributed by atoms with Gasteiger partial charge in [0.25, 0.3) is 0 Å². The van der Waals surface area contributed by atoms with Gasteiger partial charge in [0, 0.05) is 18.0 Å². The van der Waals surface area contributed by atoms with Gasteiger partial charge in [0.15, 0.2) is 0 Å². The number of alkyl halides is 2. The van der Waals surface area contributed by atoms with Gasteiger partial charge in [-0.3, -0.25) is 0 Å². The van der Waals surface area contributed by atoms with E-state index in [0.29, 0.717) is 6.54 Å². The van der Waals surface area contributed by atoms with Crippen LogP contribution in [0.3, 0.4) is 0 Å². The number of benzene rings is 1. The van der Waals surface area contributed by atoms with E-state index in [9.17, 15) is 8.78 Å². The van der Waals surface area contributed by atoms with E-state index < -0.39 is 6.61 Å². The molecule has 0 fully saturated rings. The van der Waals surface area contributed by atoms with Crippen molar-refractivity contribution in [1.82, 2.24) is 5.32 Å². The molecule has 0 aliphatic rings. The standard InChI is InChI=1S/C13H12ClF2NOS/c14-12-6-5-11(19-12)8-17-7-9-1-3-10(4-2-9)18-13(15)16/h1-6,13,17H,7-8H2. The smallest absolute Gasteiger partial charge is 0.387 e. The van der Waals surface area contributed by atoms with Crippen molar-refractivity contribution in [2.24, 2.45) is 0 Å². The Hall–Kier alpha value is -1.17. The van der Waals surface area contributed by atoms with Crippen LogP contribution in [0, 0.1) is 0 Å². The van der Waals surface area contributed by atoms with Crippen molar-refractivity contribution in [2.75, 3.05) is 0 Å². The van der Waals surface area contributed by atoms with E-state index in [1.807, 2.05) is 12.1 Å². The van der Waals surface area contributed by atoms with Gasteiger partial charge in [-0.2, -0.15) is 8.78 Å². The molecule has 1 N–H and O–H groups in total. The Morgan fingerprint density at radius 3 is 2.42 bits per heavy atom. The Balaban J connectivity index is 1.79. The van der Waals surface area contributed by atoms with E-state index in [1.54, 1.807) is 12.1 Å². The fourth-order valence-corrected chi connectivity index (χ4v) is 2.62. The van der Waals surface area contributed by atoms with Crippen molar-refractivity contribution in [3.8, 4) is 5.75 Å². The topological polar surface area (TPSA) is 21.3 Å². The molecule has 1 aromatic carbocycles. The lowest BCUT2D eigenvalue weighted by Crippen LogP contribution is -2.11. The highest BCUT2D eigenvalue weighted by atomic mass is 35.5. The van der Waals surface area contributed by atoms with Crippen molar-refractivity contribution < 1.29 is 13.5 Å². The van der Waals surface area contributed by atoms with Crippen LogP contribution in [0.5, 0.6) is 5.75 Å². The quantitative estimate of drug-likeness (QED) is 0.859. The molecule has 2 aromatic rings. The lowest BCUT2D eigenvalue weighted by atomic mass is 10.2. The number of ether oxygens (including phenoxy) is 1. The normalized spacial score (nSPS) is 10.9. The molecule has 0 spiro atoms. The molecule has 1 aromatic heterocycles. The Kier molecular flexibility index (Phi) is 5.13. The molecule has 0 aliphatic heterocycles. The average molecular weight is 304 g/mol. The van der Waals surface area contributed by atoms with Gasteiger partial charge in [0.1, 0.15) is 5.75 Å². The summed E-state index contributed by atoms with van der Waals surface area (Å²) in [6.07, 6.45) is 0. The largest absolute Gasteiger partial charge is 0.435 e. The number of nitrogens with one attached hydrogen (secondary N) is 1. The molecular weight excluding hydrogens is 292 g/mol. The zero-order chi connectivity index (χ0) is 13.7. The molecule has 2 nitrogen and oxygen atoms in total. The second-order valence-electron chi connectivity index (χ2n) is 3.83. The third-order valence-corrected chi connectivity index (χ3v) is 3.64. The summed E-state index contributed by atoms with van der Waals surface area (Å²) in [6.45, 7) is -1.40. The second kappa shape index (κ2) is 6.84. The van der Waals surface area contributed by atoms with E-state index in [2.05, 4.69) is 10.1 Å². The van der Waals surface area contributed by atoms with Gasteiger partial charge < -0.3 is 10.1 Å². The van der Waals surface area contributed by atoms with Crippen LogP contribution in [0.4, 0.5) is 8.78 Å². The Labute approximate surface area is 119 Å². The predicted molar refractivity (Wildman–Crippen MR) is 72.9 cm³/mol. The van der Waals surface area contributed by atoms with Gasteiger partial charge in [0.2, 0.25) is 0 Å². The highest BCUT2D eigenvalue weighted by molar-refractivity contribution is 7.16. The number of hydrogen-bond acceptors (Lipinski definition) is 3. The zero-order valence-electron chi connectivity index (χ0n) is 9.91. The summed E-state index contributed by atoms with van der Waals surface area (Å²) in [5.74, 6) is 0.170. The number of halogens is 3. The molecule has 0 saturated carbocycles. The summed E-state index contributed by atoms with van der Waals surface area (Å²) in [5.41, 5.74) is 1.00. The molecule has 0 bridgehead atoms.